The monoisotopic (exact) mass is 371 g/mol. The Hall–Kier alpha value is -2.18. The van der Waals surface area contributed by atoms with Gasteiger partial charge in [0.1, 0.15) is 16.5 Å². The Morgan fingerprint density at radius 2 is 2.00 bits per heavy atom. The molecule has 0 N–H and O–H groups in total. The van der Waals surface area contributed by atoms with Gasteiger partial charge in [-0.1, -0.05) is 0 Å². The number of benzene rings is 1. The smallest absolute Gasteiger partial charge is 0.226 e. The molecule has 0 aliphatic rings. The average molecular weight is 372 g/mol. The minimum absolute atomic E-state index is 0.233. The number of methoxy groups -OCH3 is 1. The lowest BCUT2D eigenvalue weighted by Crippen LogP contribution is -2.22. The number of nitrogens with zero attached hydrogens (tertiary/aromatic N) is 3. The SMILES string of the molecule is COc1ccc(-c2nc(CN(C)[C@@H](C)c3nc(C)cs3)c(C)o2)cc1C. The molecule has 138 valence electrons. The van der Waals surface area contributed by atoms with E-state index in [-0.39, 0.29) is 6.04 Å². The summed E-state index contributed by atoms with van der Waals surface area (Å²) in [7, 11) is 3.77. The number of hydrogen-bond donors (Lipinski definition) is 0. The molecule has 0 amide bonds. The molecule has 5 nitrogen and oxygen atoms in total. The highest BCUT2D eigenvalue weighted by molar-refractivity contribution is 7.09. The molecule has 1 atom stereocenters. The lowest BCUT2D eigenvalue weighted by atomic mass is 10.1. The van der Waals surface area contributed by atoms with E-state index in [0.717, 1.165) is 39.0 Å². The van der Waals surface area contributed by atoms with E-state index in [1.54, 1.807) is 18.4 Å². The molecule has 0 radical (unpaired) electrons. The zero-order valence-electron chi connectivity index (χ0n) is 16.2. The number of oxazole rings is 1. The first-order chi connectivity index (χ1) is 12.4. The van der Waals surface area contributed by atoms with Crippen molar-refractivity contribution in [2.24, 2.45) is 0 Å². The molecule has 0 bridgehead atoms. The summed E-state index contributed by atoms with van der Waals surface area (Å²) < 4.78 is 11.3. The Balaban J connectivity index is 1.78. The van der Waals surface area contributed by atoms with E-state index in [1.165, 1.54) is 0 Å². The van der Waals surface area contributed by atoms with Gasteiger partial charge in [-0.25, -0.2) is 9.97 Å². The predicted molar refractivity (Wildman–Crippen MR) is 105 cm³/mol. The summed E-state index contributed by atoms with van der Waals surface area (Å²) in [5.41, 5.74) is 4.05. The zero-order valence-corrected chi connectivity index (χ0v) is 17.0. The molecule has 0 spiro atoms. The van der Waals surface area contributed by atoms with Crippen LogP contribution < -0.4 is 4.74 Å². The standard InChI is InChI=1S/C20H25N3O2S/c1-12-9-16(7-8-18(12)24-6)19-22-17(15(4)25-19)10-23(5)14(3)20-21-13(2)11-26-20/h7-9,11,14H,10H2,1-6H3/t14-/m0/s1. The van der Waals surface area contributed by atoms with Gasteiger partial charge >= 0.3 is 0 Å². The zero-order chi connectivity index (χ0) is 18.8. The largest absolute Gasteiger partial charge is 0.496 e. The Bertz CT molecular complexity index is 900. The Morgan fingerprint density at radius 1 is 1.23 bits per heavy atom. The summed E-state index contributed by atoms with van der Waals surface area (Å²) in [6, 6.07) is 6.20. The maximum absolute atomic E-state index is 5.93. The van der Waals surface area contributed by atoms with Crippen molar-refractivity contribution in [3.8, 4) is 17.2 Å². The molecule has 3 rings (SSSR count). The topological polar surface area (TPSA) is 51.4 Å². The molecule has 0 saturated heterocycles. The van der Waals surface area contributed by atoms with Gasteiger partial charge in [-0.3, -0.25) is 4.90 Å². The van der Waals surface area contributed by atoms with Gasteiger partial charge in [0.25, 0.3) is 0 Å². The highest BCUT2D eigenvalue weighted by Crippen LogP contribution is 2.29. The third-order valence-electron chi connectivity index (χ3n) is 4.59. The Morgan fingerprint density at radius 3 is 2.62 bits per heavy atom. The first kappa shape index (κ1) is 18.6. The van der Waals surface area contributed by atoms with E-state index in [9.17, 15) is 0 Å². The van der Waals surface area contributed by atoms with Gasteiger partial charge < -0.3 is 9.15 Å². The van der Waals surface area contributed by atoms with Gasteiger partial charge in [0.2, 0.25) is 5.89 Å². The van der Waals surface area contributed by atoms with Crippen LogP contribution in [0.1, 0.15) is 40.7 Å². The van der Waals surface area contributed by atoms with Crippen molar-refractivity contribution in [2.45, 2.75) is 40.3 Å². The summed E-state index contributed by atoms with van der Waals surface area (Å²) in [4.78, 5) is 11.6. The summed E-state index contributed by atoms with van der Waals surface area (Å²) in [5.74, 6) is 2.36. The molecule has 0 aliphatic heterocycles. The van der Waals surface area contributed by atoms with Crippen LogP contribution in [-0.4, -0.2) is 29.0 Å². The molecule has 0 unspecified atom stereocenters. The first-order valence-electron chi connectivity index (χ1n) is 8.62. The number of aromatic nitrogens is 2. The fraction of sp³-hybridized carbons (Fsp3) is 0.400. The number of rotatable bonds is 6. The summed E-state index contributed by atoms with van der Waals surface area (Å²) in [6.45, 7) is 8.89. The van der Waals surface area contributed by atoms with Crippen molar-refractivity contribution in [1.29, 1.82) is 0 Å². The van der Waals surface area contributed by atoms with Crippen molar-refractivity contribution in [3.05, 3.63) is 51.3 Å². The van der Waals surface area contributed by atoms with E-state index in [4.69, 9.17) is 14.1 Å². The quantitative estimate of drug-likeness (QED) is 0.615. The number of ether oxygens (including phenoxy) is 1. The molecule has 2 heterocycles. The van der Waals surface area contributed by atoms with Gasteiger partial charge in [-0.05, 0) is 58.5 Å². The number of hydrogen-bond acceptors (Lipinski definition) is 6. The molecule has 0 saturated carbocycles. The van der Waals surface area contributed by atoms with Crippen molar-refractivity contribution < 1.29 is 9.15 Å². The Labute approximate surface area is 158 Å². The van der Waals surface area contributed by atoms with E-state index >= 15 is 0 Å². The molecule has 1 aromatic carbocycles. The third-order valence-corrected chi connectivity index (χ3v) is 5.72. The maximum Gasteiger partial charge on any atom is 0.226 e. The first-order valence-corrected chi connectivity index (χ1v) is 9.50. The van der Waals surface area contributed by atoms with Crippen LogP contribution in [0.25, 0.3) is 11.5 Å². The van der Waals surface area contributed by atoms with Gasteiger partial charge in [0, 0.05) is 23.2 Å². The van der Waals surface area contributed by atoms with Crippen LogP contribution in [0.3, 0.4) is 0 Å². The predicted octanol–water partition coefficient (Wildman–Crippen LogP) is 4.92. The molecule has 0 aliphatic carbocycles. The number of thiazole rings is 1. The van der Waals surface area contributed by atoms with Crippen molar-refractivity contribution in [2.75, 3.05) is 14.2 Å². The summed E-state index contributed by atoms with van der Waals surface area (Å²) in [5, 5.41) is 3.21. The van der Waals surface area contributed by atoms with Crippen LogP contribution in [0, 0.1) is 20.8 Å². The van der Waals surface area contributed by atoms with E-state index < -0.39 is 0 Å². The molecule has 26 heavy (non-hydrogen) atoms. The average Bonchev–Trinajstić information content (AvgIpc) is 3.20. The molecule has 0 fully saturated rings. The van der Waals surface area contributed by atoms with Gasteiger partial charge in [-0.15, -0.1) is 11.3 Å². The van der Waals surface area contributed by atoms with Crippen LogP contribution in [0.2, 0.25) is 0 Å². The van der Waals surface area contributed by atoms with Crippen LogP contribution in [0.5, 0.6) is 5.75 Å². The minimum Gasteiger partial charge on any atom is -0.496 e. The summed E-state index contributed by atoms with van der Waals surface area (Å²) in [6.07, 6.45) is 0. The third kappa shape index (κ3) is 3.81. The lowest BCUT2D eigenvalue weighted by molar-refractivity contribution is 0.248. The Kier molecular flexibility index (Phi) is 5.44. The van der Waals surface area contributed by atoms with Gasteiger partial charge in [0.15, 0.2) is 0 Å². The molecule has 6 heteroatoms. The van der Waals surface area contributed by atoms with Crippen LogP contribution >= 0.6 is 11.3 Å². The van der Waals surface area contributed by atoms with E-state index in [1.807, 2.05) is 39.0 Å². The fourth-order valence-electron chi connectivity index (χ4n) is 2.84. The second-order valence-electron chi connectivity index (χ2n) is 6.62. The van der Waals surface area contributed by atoms with Crippen molar-refractivity contribution in [3.63, 3.8) is 0 Å². The van der Waals surface area contributed by atoms with E-state index in [2.05, 4.69) is 29.2 Å². The second-order valence-corrected chi connectivity index (χ2v) is 7.51. The summed E-state index contributed by atoms with van der Waals surface area (Å²) >= 11 is 1.70. The molecule has 2 aromatic heterocycles. The normalized spacial score (nSPS) is 12.6. The fourth-order valence-corrected chi connectivity index (χ4v) is 3.75. The van der Waals surface area contributed by atoms with Crippen LogP contribution in [-0.2, 0) is 6.54 Å². The van der Waals surface area contributed by atoms with Crippen LogP contribution in [0.4, 0.5) is 0 Å². The second kappa shape index (κ2) is 7.60. The highest BCUT2D eigenvalue weighted by Gasteiger charge is 2.19. The maximum atomic E-state index is 5.93. The molecular weight excluding hydrogens is 346 g/mol. The minimum atomic E-state index is 0.233. The van der Waals surface area contributed by atoms with Crippen LogP contribution in [0.15, 0.2) is 28.0 Å². The van der Waals surface area contributed by atoms with Gasteiger partial charge in [0.05, 0.1) is 18.8 Å². The van der Waals surface area contributed by atoms with Gasteiger partial charge in [-0.2, -0.15) is 0 Å². The molecule has 3 aromatic rings. The molecular formula is C20H25N3O2S. The van der Waals surface area contributed by atoms with Crippen molar-refractivity contribution >= 4 is 11.3 Å². The number of aryl methyl sites for hydroxylation is 3. The highest BCUT2D eigenvalue weighted by atomic mass is 32.1. The van der Waals surface area contributed by atoms with E-state index in [0.29, 0.717) is 12.4 Å². The lowest BCUT2D eigenvalue weighted by Gasteiger charge is -2.21. The van der Waals surface area contributed by atoms with Crippen molar-refractivity contribution in [1.82, 2.24) is 14.9 Å².